The molecule has 0 saturated heterocycles. The van der Waals surface area contributed by atoms with Crippen molar-refractivity contribution >= 4 is 28.8 Å². The van der Waals surface area contributed by atoms with Gasteiger partial charge in [0.2, 0.25) is 0 Å². The number of aliphatic imine (C=N–C) groups is 1. The molecule has 1 heterocycles. The first-order valence-corrected chi connectivity index (χ1v) is 21.2. The largest absolute Gasteiger partial charge is 0.378 e. The van der Waals surface area contributed by atoms with Crippen molar-refractivity contribution in [3.63, 3.8) is 0 Å². The molecule has 3 atom stereocenters. The van der Waals surface area contributed by atoms with E-state index in [1.54, 1.807) is 0 Å². The number of aromatic nitrogens is 2. The maximum absolute atomic E-state index is 4.81. The van der Waals surface area contributed by atoms with Gasteiger partial charge in [-0.05, 0) is 86.4 Å². The summed E-state index contributed by atoms with van der Waals surface area (Å²) in [6, 6.07) is 20.7. The van der Waals surface area contributed by atoms with Crippen LogP contribution in [0.15, 0.2) is 132 Å². The van der Waals surface area contributed by atoms with Crippen LogP contribution in [0, 0.1) is 17.8 Å². The Morgan fingerprint density at radius 2 is 1.51 bits per heavy atom. The Hall–Kier alpha value is -4.95. The maximum Gasteiger partial charge on any atom is 0.173 e. The van der Waals surface area contributed by atoms with E-state index in [0.717, 1.165) is 73.3 Å². The number of para-hydroxylation sites is 2. The summed E-state index contributed by atoms with van der Waals surface area (Å²) in [4.78, 5) is 16.6. The number of hydrogen-bond acceptors (Lipinski definition) is 7. The Morgan fingerprint density at radius 1 is 0.877 bits per heavy atom. The third-order valence-electron chi connectivity index (χ3n) is 9.54. The van der Waals surface area contributed by atoms with Crippen LogP contribution in [-0.4, -0.2) is 53.9 Å². The molecule has 0 amide bonds. The lowest BCUT2D eigenvalue weighted by Crippen LogP contribution is -2.41. The van der Waals surface area contributed by atoms with Gasteiger partial charge >= 0.3 is 0 Å². The first kappa shape index (κ1) is 48.2. The van der Waals surface area contributed by atoms with Gasteiger partial charge in [-0.15, -0.1) is 0 Å². The lowest BCUT2D eigenvalue weighted by atomic mass is 9.84. The van der Waals surface area contributed by atoms with Gasteiger partial charge in [0.1, 0.15) is 5.84 Å². The normalized spacial score (nSPS) is 16.6. The van der Waals surface area contributed by atoms with E-state index in [2.05, 4.69) is 158 Å². The molecular formula is C49H74N8. The molecule has 2 aromatic carbocycles. The van der Waals surface area contributed by atoms with Crippen LogP contribution in [-0.2, 0) is 0 Å². The minimum absolute atomic E-state index is 0.269. The first-order chi connectivity index (χ1) is 27.7. The standard InChI is InChI=1S/C25H37N3.C21H26N4.C2H6.CH5N/c1-6-7-13-21(4)23-16-11-12-17-24(23)28(19-20(2)3)25(26-5)18-27-22-14-9-8-10-15-22;1-4-16-10-8-9-13-18(16)24-20-21(23-17-11-6-5-7-12-17)25-19(14-22-20)15(2)3;2*1-2/h7-15,17,20-21,23,27H,6,16,18-19H2,1-5H3;5-12,14-15,18H,4,13H2,1-3H3,(H,22,24)(H,23,25);1-2H3;2H2,1H3. The number of allylic oxidation sites excluding steroid dienone is 8. The molecule has 0 radical (unpaired) electrons. The molecule has 1 aromatic heterocycles. The molecule has 0 bridgehead atoms. The highest BCUT2D eigenvalue weighted by Crippen LogP contribution is 2.33. The average molecular weight is 775 g/mol. The molecule has 0 aliphatic heterocycles. The Morgan fingerprint density at radius 3 is 2.11 bits per heavy atom. The Labute approximate surface area is 346 Å². The molecular weight excluding hydrogens is 701 g/mol. The van der Waals surface area contributed by atoms with Gasteiger partial charge in [0, 0.05) is 36.6 Å². The van der Waals surface area contributed by atoms with Crippen LogP contribution in [0.25, 0.3) is 0 Å². The smallest absolute Gasteiger partial charge is 0.173 e. The first-order valence-electron chi connectivity index (χ1n) is 21.2. The van der Waals surface area contributed by atoms with Gasteiger partial charge in [-0.1, -0.05) is 141 Å². The summed E-state index contributed by atoms with van der Waals surface area (Å²) in [5.74, 6) is 4.56. The number of nitrogens with one attached hydrogen (secondary N) is 3. The summed E-state index contributed by atoms with van der Waals surface area (Å²) in [6.07, 6.45) is 24.0. The predicted octanol–water partition coefficient (Wildman–Crippen LogP) is 12.2. The van der Waals surface area contributed by atoms with Gasteiger partial charge in [-0.2, -0.15) is 0 Å². The van der Waals surface area contributed by atoms with Gasteiger partial charge in [0.05, 0.1) is 24.5 Å². The lowest BCUT2D eigenvalue weighted by Gasteiger charge is -2.37. The highest BCUT2D eigenvalue weighted by atomic mass is 15.2. The number of nitrogens with two attached hydrogens (primary N) is 1. The highest BCUT2D eigenvalue weighted by Gasteiger charge is 2.27. The number of nitrogens with zero attached hydrogens (tertiary/aromatic N) is 4. The Kier molecular flexibility index (Phi) is 23.4. The van der Waals surface area contributed by atoms with Crippen molar-refractivity contribution in [3.8, 4) is 0 Å². The Balaban J connectivity index is 0.000000363. The van der Waals surface area contributed by atoms with Crippen LogP contribution < -0.4 is 21.7 Å². The molecule has 5 N–H and O–H groups in total. The third kappa shape index (κ3) is 16.2. The molecule has 0 fully saturated rings. The van der Waals surface area contributed by atoms with Crippen LogP contribution in [0.5, 0.6) is 0 Å². The number of benzene rings is 2. The molecule has 310 valence electrons. The summed E-state index contributed by atoms with van der Waals surface area (Å²) in [5, 5.41) is 10.5. The van der Waals surface area contributed by atoms with Crippen molar-refractivity contribution < 1.29 is 0 Å². The summed E-state index contributed by atoms with van der Waals surface area (Å²) < 4.78 is 0. The lowest BCUT2D eigenvalue weighted by molar-refractivity contribution is 0.342. The van der Waals surface area contributed by atoms with Crippen molar-refractivity contribution in [1.29, 1.82) is 0 Å². The highest BCUT2D eigenvalue weighted by molar-refractivity contribution is 5.88. The number of amidine groups is 1. The van der Waals surface area contributed by atoms with Crippen LogP contribution in [0.4, 0.5) is 23.0 Å². The molecule has 5 rings (SSSR count). The molecule has 3 unspecified atom stereocenters. The van der Waals surface area contributed by atoms with Gasteiger partial charge in [0.15, 0.2) is 11.6 Å². The van der Waals surface area contributed by atoms with E-state index in [1.807, 2.05) is 63.5 Å². The molecule has 8 nitrogen and oxygen atoms in total. The fraction of sp³-hybridized carbons (Fsp3) is 0.449. The second kappa shape index (κ2) is 27.6. The van der Waals surface area contributed by atoms with Crippen LogP contribution in [0.1, 0.15) is 99.6 Å². The van der Waals surface area contributed by atoms with Gasteiger partial charge < -0.3 is 26.6 Å². The van der Waals surface area contributed by atoms with E-state index in [0.29, 0.717) is 23.7 Å². The van der Waals surface area contributed by atoms with E-state index >= 15 is 0 Å². The van der Waals surface area contributed by atoms with E-state index in [1.165, 1.54) is 18.3 Å². The Bertz CT molecular complexity index is 1720. The predicted molar refractivity (Wildman–Crippen MR) is 251 cm³/mol. The quantitative estimate of drug-likeness (QED) is 0.0692. The van der Waals surface area contributed by atoms with Crippen LogP contribution in [0.2, 0.25) is 0 Å². The van der Waals surface area contributed by atoms with E-state index in [-0.39, 0.29) is 6.04 Å². The zero-order chi connectivity index (χ0) is 42.0. The van der Waals surface area contributed by atoms with Crippen molar-refractivity contribution in [2.24, 2.45) is 28.5 Å². The summed E-state index contributed by atoms with van der Waals surface area (Å²) in [7, 11) is 3.41. The minimum Gasteiger partial charge on any atom is -0.378 e. The van der Waals surface area contributed by atoms with Crippen molar-refractivity contribution in [1.82, 2.24) is 14.9 Å². The average Bonchev–Trinajstić information content (AvgIpc) is 3.25. The van der Waals surface area contributed by atoms with Crippen molar-refractivity contribution in [2.45, 2.75) is 100.0 Å². The SMILES string of the molecule is CC.CCC1=CC=CCC1Nc1ncc(C(C)C)nc1Nc1ccccc1.CCC=CC(C)C1CC=CC=C1N(CC(C)C)C(CNc1ccccc1)=NC.CN. The van der Waals surface area contributed by atoms with E-state index < -0.39 is 0 Å². The minimum atomic E-state index is 0.269. The second-order valence-electron chi connectivity index (χ2n) is 14.5. The number of hydrogen-bond donors (Lipinski definition) is 4. The van der Waals surface area contributed by atoms with Crippen LogP contribution in [0.3, 0.4) is 0 Å². The number of anilines is 4. The van der Waals surface area contributed by atoms with Gasteiger partial charge in [-0.3, -0.25) is 4.99 Å². The van der Waals surface area contributed by atoms with Crippen LogP contribution >= 0.6 is 0 Å². The van der Waals surface area contributed by atoms with Gasteiger partial charge in [0.25, 0.3) is 0 Å². The topological polar surface area (TPSA) is 103 Å². The molecule has 0 saturated carbocycles. The maximum atomic E-state index is 4.81. The summed E-state index contributed by atoms with van der Waals surface area (Å²) in [6.45, 7) is 21.2. The molecule has 0 spiro atoms. The van der Waals surface area contributed by atoms with E-state index in [9.17, 15) is 0 Å². The van der Waals surface area contributed by atoms with Crippen molar-refractivity contribution in [2.75, 3.05) is 43.1 Å². The van der Waals surface area contributed by atoms with Crippen molar-refractivity contribution in [3.05, 3.63) is 132 Å². The third-order valence-corrected chi connectivity index (χ3v) is 9.54. The number of rotatable bonds is 15. The fourth-order valence-corrected chi connectivity index (χ4v) is 6.54. The monoisotopic (exact) mass is 775 g/mol. The molecule has 3 aromatic rings. The second-order valence-corrected chi connectivity index (χ2v) is 14.5. The zero-order valence-corrected chi connectivity index (χ0v) is 37.0. The summed E-state index contributed by atoms with van der Waals surface area (Å²) >= 11 is 0. The van der Waals surface area contributed by atoms with Gasteiger partial charge in [-0.25, -0.2) is 9.97 Å². The van der Waals surface area contributed by atoms with E-state index in [4.69, 9.17) is 4.98 Å². The molecule has 2 aliphatic carbocycles. The fourth-order valence-electron chi connectivity index (χ4n) is 6.54. The zero-order valence-electron chi connectivity index (χ0n) is 37.0. The summed E-state index contributed by atoms with van der Waals surface area (Å²) in [5.41, 5.74) is 10.4. The molecule has 8 heteroatoms. The molecule has 57 heavy (non-hydrogen) atoms. The molecule has 2 aliphatic rings.